The first-order valence-corrected chi connectivity index (χ1v) is 13.0. The van der Waals surface area contributed by atoms with Crippen LogP contribution in [0.3, 0.4) is 0 Å². The molecule has 1 N–H and O–H groups in total. The van der Waals surface area contributed by atoms with Gasteiger partial charge < -0.3 is 10.1 Å². The molecule has 3 unspecified atom stereocenters. The van der Waals surface area contributed by atoms with Gasteiger partial charge in [-0.1, -0.05) is 33.1 Å². The molecular weight excluding hydrogens is 442 g/mol. The second-order valence-corrected chi connectivity index (χ2v) is 11.5. The van der Waals surface area contributed by atoms with Crippen LogP contribution in [-0.2, 0) is 19.6 Å². The van der Waals surface area contributed by atoms with Crippen molar-refractivity contribution in [1.82, 2.24) is 9.62 Å². The van der Waals surface area contributed by atoms with Gasteiger partial charge in [0.2, 0.25) is 10.0 Å². The molecule has 0 radical (unpaired) electrons. The monoisotopic (exact) mass is 475 g/mol. The molecule has 1 saturated carbocycles. The number of amides is 1. The van der Waals surface area contributed by atoms with Gasteiger partial charge in [-0.05, 0) is 62.3 Å². The van der Waals surface area contributed by atoms with Gasteiger partial charge in [-0.15, -0.1) is 0 Å². The smallest absolute Gasteiger partial charge is 0.338 e. The predicted molar refractivity (Wildman–Crippen MR) is 123 cm³/mol. The van der Waals surface area contributed by atoms with Crippen molar-refractivity contribution in [1.29, 1.82) is 5.26 Å². The predicted octanol–water partition coefficient (Wildman–Crippen LogP) is 3.24. The van der Waals surface area contributed by atoms with E-state index in [-0.39, 0.29) is 10.5 Å². The molecule has 3 atom stereocenters. The van der Waals surface area contributed by atoms with Crippen LogP contribution in [0.25, 0.3) is 0 Å². The number of esters is 1. The van der Waals surface area contributed by atoms with Crippen LogP contribution in [0.15, 0.2) is 29.2 Å². The first-order chi connectivity index (χ1) is 15.6. The molecule has 1 aliphatic heterocycles. The quantitative estimate of drug-likeness (QED) is 0.631. The molecule has 1 amide bonds. The standard InChI is InChI=1S/C24H33N3O5S/c1-17-13-18(2)15-27(14-17)33(30,31)21-9-7-20(8-10-21)23(29)32-19(3)22(28)26-24(16-25)11-5-4-6-12-24/h7-10,17-19H,4-6,11-15H2,1-3H3,(H,26,28). The van der Waals surface area contributed by atoms with Crippen molar-refractivity contribution < 1.29 is 22.7 Å². The summed E-state index contributed by atoms with van der Waals surface area (Å²) in [5, 5.41) is 12.3. The van der Waals surface area contributed by atoms with E-state index in [1.54, 1.807) is 0 Å². The van der Waals surface area contributed by atoms with Gasteiger partial charge in [-0.3, -0.25) is 4.79 Å². The third-order valence-electron chi connectivity index (χ3n) is 6.50. The number of nitrogens with zero attached hydrogens (tertiary/aromatic N) is 2. The van der Waals surface area contributed by atoms with Gasteiger partial charge in [0.25, 0.3) is 5.91 Å². The summed E-state index contributed by atoms with van der Waals surface area (Å²) < 4.78 is 32.8. The molecule has 0 spiro atoms. The van der Waals surface area contributed by atoms with Crippen molar-refractivity contribution >= 4 is 21.9 Å². The summed E-state index contributed by atoms with van der Waals surface area (Å²) in [6, 6.07) is 7.79. The number of ether oxygens (including phenoxy) is 1. The number of carbonyl (C=O) groups excluding carboxylic acids is 2. The number of sulfonamides is 1. The third-order valence-corrected chi connectivity index (χ3v) is 8.35. The highest BCUT2D eigenvalue weighted by molar-refractivity contribution is 7.89. The van der Waals surface area contributed by atoms with E-state index in [4.69, 9.17) is 4.74 Å². The maximum absolute atomic E-state index is 13.0. The minimum absolute atomic E-state index is 0.124. The van der Waals surface area contributed by atoms with Crippen molar-refractivity contribution in [3.63, 3.8) is 0 Å². The summed E-state index contributed by atoms with van der Waals surface area (Å²) in [7, 11) is -3.65. The zero-order valence-electron chi connectivity index (χ0n) is 19.5. The van der Waals surface area contributed by atoms with E-state index in [1.807, 2.05) is 13.8 Å². The molecule has 8 nitrogen and oxygen atoms in total. The number of nitrogens with one attached hydrogen (secondary N) is 1. The highest BCUT2D eigenvalue weighted by Crippen LogP contribution is 2.28. The average molecular weight is 476 g/mol. The molecule has 0 aromatic heterocycles. The Morgan fingerprint density at radius 2 is 1.70 bits per heavy atom. The maximum Gasteiger partial charge on any atom is 0.338 e. The Kier molecular flexibility index (Phi) is 7.80. The normalized spacial score (nSPS) is 24.3. The van der Waals surface area contributed by atoms with E-state index in [2.05, 4.69) is 11.4 Å². The molecule has 9 heteroatoms. The van der Waals surface area contributed by atoms with Gasteiger partial charge in [0.1, 0.15) is 5.54 Å². The van der Waals surface area contributed by atoms with E-state index in [9.17, 15) is 23.3 Å². The molecule has 33 heavy (non-hydrogen) atoms. The van der Waals surface area contributed by atoms with E-state index < -0.39 is 33.5 Å². The zero-order chi connectivity index (χ0) is 24.2. The Morgan fingerprint density at radius 1 is 1.12 bits per heavy atom. The van der Waals surface area contributed by atoms with Gasteiger partial charge in [0.15, 0.2) is 6.10 Å². The van der Waals surface area contributed by atoms with Crippen molar-refractivity contribution in [2.75, 3.05) is 13.1 Å². The summed E-state index contributed by atoms with van der Waals surface area (Å²) in [4.78, 5) is 25.2. The number of carbonyl (C=O) groups is 2. The van der Waals surface area contributed by atoms with Crippen LogP contribution >= 0.6 is 0 Å². The number of hydrogen-bond acceptors (Lipinski definition) is 6. The SMILES string of the molecule is CC1CC(C)CN(S(=O)(=O)c2ccc(C(=O)OC(C)C(=O)NC3(C#N)CCCCC3)cc2)C1. The minimum Gasteiger partial charge on any atom is -0.449 e. The molecule has 1 saturated heterocycles. The van der Waals surface area contributed by atoms with Crippen molar-refractivity contribution in [3.05, 3.63) is 29.8 Å². The average Bonchev–Trinajstić information content (AvgIpc) is 2.79. The number of rotatable bonds is 6. The fraction of sp³-hybridized carbons (Fsp3) is 0.625. The molecule has 2 aliphatic rings. The van der Waals surface area contributed by atoms with Crippen LogP contribution in [0, 0.1) is 23.2 Å². The topological polar surface area (TPSA) is 117 Å². The molecule has 2 fully saturated rings. The van der Waals surface area contributed by atoms with Crippen molar-refractivity contribution in [2.24, 2.45) is 11.8 Å². The molecule has 0 bridgehead atoms. The Labute approximate surface area is 196 Å². The van der Waals surface area contributed by atoms with Crippen LogP contribution in [-0.4, -0.2) is 49.3 Å². The van der Waals surface area contributed by atoms with Gasteiger partial charge in [-0.25, -0.2) is 13.2 Å². The van der Waals surface area contributed by atoms with E-state index in [0.29, 0.717) is 37.8 Å². The number of nitriles is 1. The van der Waals surface area contributed by atoms with Gasteiger partial charge >= 0.3 is 5.97 Å². The lowest BCUT2D eigenvalue weighted by Crippen LogP contribution is -2.52. The van der Waals surface area contributed by atoms with E-state index in [0.717, 1.165) is 25.7 Å². The lowest BCUT2D eigenvalue weighted by molar-refractivity contribution is -0.130. The molecule has 180 valence electrons. The Morgan fingerprint density at radius 3 is 2.24 bits per heavy atom. The molecule has 1 heterocycles. The minimum atomic E-state index is -3.65. The van der Waals surface area contributed by atoms with Crippen molar-refractivity contribution in [2.45, 2.75) is 75.8 Å². The fourth-order valence-corrected chi connectivity index (χ4v) is 6.43. The van der Waals surface area contributed by atoms with Crippen LogP contribution in [0.5, 0.6) is 0 Å². The molecular formula is C24H33N3O5S. The second kappa shape index (κ2) is 10.2. The van der Waals surface area contributed by atoms with E-state index in [1.165, 1.54) is 35.5 Å². The summed E-state index contributed by atoms with van der Waals surface area (Å²) in [6.45, 7) is 6.50. The summed E-state index contributed by atoms with van der Waals surface area (Å²) >= 11 is 0. The Bertz CT molecular complexity index is 1000. The Balaban J connectivity index is 1.63. The van der Waals surface area contributed by atoms with Gasteiger partial charge in [0.05, 0.1) is 16.5 Å². The van der Waals surface area contributed by atoms with Crippen LogP contribution < -0.4 is 5.32 Å². The second-order valence-electron chi connectivity index (χ2n) is 9.58. The lowest BCUT2D eigenvalue weighted by atomic mass is 9.83. The molecule has 1 aromatic carbocycles. The maximum atomic E-state index is 13.0. The number of hydrogen-bond donors (Lipinski definition) is 1. The highest BCUT2D eigenvalue weighted by Gasteiger charge is 2.36. The summed E-state index contributed by atoms with van der Waals surface area (Å²) in [5.74, 6) is -0.658. The van der Waals surface area contributed by atoms with Gasteiger partial charge in [0, 0.05) is 13.1 Å². The number of piperidine rings is 1. The van der Waals surface area contributed by atoms with E-state index >= 15 is 0 Å². The summed E-state index contributed by atoms with van der Waals surface area (Å²) in [6.07, 6.45) is 3.85. The fourth-order valence-electron chi connectivity index (χ4n) is 4.75. The van der Waals surface area contributed by atoms with Crippen molar-refractivity contribution in [3.8, 4) is 6.07 Å². The molecule has 1 aromatic rings. The number of benzene rings is 1. The van der Waals surface area contributed by atoms with Crippen LogP contribution in [0.4, 0.5) is 0 Å². The van der Waals surface area contributed by atoms with Gasteiger partial charge in [-0.2, -0.15) is 9.57 Å². The summed E-state index contributed by atoms with van der Waals surface area (Å²) in [5.41, 5.74) is -0.753. The molecule has 3 rings (SSSR count). The zero-order valence-corrected chi connectivity index (χ0v) is 20.4. The molecule has 1 aliphatic carbocycles. The Hall–Kier alpha value is -2.44. The first kappa shape index (κ1) is 25.2. The van der Waals surface area contributed by atoms with Crippen LogP contribution in [0.2, 0.25) is 0 Å². The highest BCUT2D eigenvalue weighted by atomic mass is 32.2. The van der Waals surface area contributed by atoms with Crippen LogP contribution in [0.1, 0.15) is 69.7 Å². The lowest BCUT2D eigenvalue weighted by Gasteiger charge is -2.34. The third kappa shape index (κ3) is 5.92. The first-order valence-electron chi connectivity index (χ1n) is 11.6. The largest absolute Gasteiger partial charge is 0.449 e.